The van der Waals surface area contributed by atoms with Crippen molar-refractivity contribution in [1.29, 1.82) is 0 Å². The Kier molecular flexibility index (Phi) is 12.1. The van der Waals surface area contributed by atoms with Crippen LogP contribution in [0.25, 0.3) is 10.2 Å². The SMILES string of the molecule is O=C(OC[C@H]1O[C@H](CCS(=O)(=O)c2nc3ccccc3s2)[C@H](OC(=O)c2ccccc2)[C@@H](OC(=O)c2ccccc2)[C@@H]1OC(=O)c1ccccc1)c1ccccc1. The average molecular weight is 806 g/mol. The fourth-order valence-electron chi connectivity index (χ4n) is 6.23. The molecule has 0 unspecified atom stereocenters. The van der Waals surface area contributed by atoms with Crippen molar-refractivity contribution in [2.75, 3.05) is 12.4 Å². The van der Waals surface area contributed by atoms with E-state index in [1.54, 1.807) is 109 Å². The van der Waals surface area contributed by atoms with E-state index in [-0.39, 0.29) is 33.0 Å². The summed E-state index contributed by atoms with van der Waals surface area (Å²) in [5.41, 5.74) is 1.16. The summed E-state index contributed by atoms with van der Waals surface area (Å²) in [5.74, 6) is -3.79. The maximum absolute atomic E-state index is 13.8. The standard InChI is InChI=1S/C43H35NO11S2/c45-39(28-15-5-1-6-16-28)51-27-34-37(54-41(47)30-19-9-3-10-20-30)38(55-42(48)31-21-11-4-12-22-31)36(53-40(46)29-17-7-2-8-18-29)33(52-34)25-26-57(49,50)43-44-32-23-13-14-24-35(32)56-43/h1-24,33-34,36-38H,25-27H2/t33-,34-,36+,37-,38-/m1/s1. The van der Waals surface area contributed by atoms with Crippen LogP contribution in [0.5, 0.6) is 0 Å². The lowest BCUT2D eigenvalue weighted by atomic mass is 9.92. The molecule has 1 saturated heterocycles. The van der Waals surface area contributed by atoms with E-state index < -0.39 is 76.6 Å². The minimum absolute atomic E-state index is 0.118. The minimum Gasteiger partial charge on any atom is -0.459 e. The number of ether oxygens (including phenoxy) is 5. The molecule has 0 bridgehead atoms. The number of hydrogen-bond donors (Lipinski definition) is 0. The predicted molar refractivity (Wildman–Crippen MR) is 209 cm³/mol. The molecule has 1 aromatic heterocycles. The van der Waals surface area contributed by atoms with Crippen LogP contribution >= 0.6 is 11.3 Å². The quantitative estimate of drug-likeness (QED) is 0.0892. The molecule has 0 spiro atoms. The number of benzene rings is 5. The fraction of sp³-hybridized carbons (Fsp3) is 0.186. The molecular weight excluding hydrogens is 771 g/mol. The van der Waals surface area contributed by atoms with Crippen molar-refractivity contribution in [3.63, 3.8) is 0 Å². The highest BCUT2D eigenvalue weighted by Crippen LogP contribution is 2.34. The third-order valence-electron chi connectivity index (χ3n) is 9.09. The molecule has 5 aromatic carbocycles. The van der Waals surface area contributed by atoms with Crippen LogP contribution in [0.3, 0.4) is 0 Å². The van der Waals surface area contributed by atoms with E-state index in [9.17, 15) is 27.6 Å². The van der Waals surface area contributed by atoms with Crippen molar-refractivity contribution in [3.8, 4) is 0 Å². The number of thiazole rings is 1. The fourth-order valence-corrected chi connectivity index (χ4v) is 8.91. The molecule has 2 heterocycles. The lowest BCUT2D eigenvalue weighted by molar-refractivity contribution is -0.229. The molecule has 6 aromatic rings. The second kappa shape index (κ2) is 17.7. The first-order valence-electron chi connectivity index (χ1n) is 17.9. The summed E-state index contributed by atoms with van der Waals surface area (Å²) < 4.78 is 58.6. The number of aromatic nitrogens is 1. The molecule has 1 fully saturated rings. The van der Waals surface area contributed by atoms with E-state index in [1.807, 2.05) is 0 Å². The summed E-state index contributed by atoms with van der Waals surface area (Å²) in [6.45, 7) is -0.527. The zero-order chi connectivity index (χ0) is 39.8. The molecule has 1 aliphatic heterocycles. The van der Waals surface area contributed by atoms with Gasteiger partial charge in [0.25, 0.3) is 0 Å². The predicted octanol–water partition coefficient (Wildman–Crippen LogP) is 6.76. The van der Waals surface area contributed by atoms with E-state index in [0.29, 0.717) is 10.2 Å². The molecular formula is C43H35NO11S2. The molecule has 0 saturated carbocycles. The number of sulfone groups is 1. The van der Waals surface area contributed by atoms with Gasteiger partial charge in [-0.05, 0) is 67.1 Å². The van der Waals surface area contributed by atoms with Gasteiger partial charge in [0.15, 0.2) is 18.3 Å². The second-order valence-electron chi connectivity index (χ2n) is 12.9. The highest BCUT2D eigenvalue weighted by molar-refractivity contribution is 7.93. The van der Waals surface area contributed by atoms with Crippen molar-refractivity contribution >= 4 is 55.3 Å². The van der Waals surface area contributed by atoms with E-state index in [0.717, 1.165) is 11.3 Å². The van der Waals surface area contributed by atoms with Crippen molar-refractivity contribution in [1.82, 2.24) is 4.98 Å². The third-order valence-corrected chi connectivity index (χ3v) is 12.3. The smallest absolute Gasteiger partial charge is 0.338 e. The topological polar surface area (TPSA) is 161 Å². The highest BCUT2D eigenvalue weighted by atomic mass is 32.2. The van der Waals surface area contributed by atoms with Crippen LogP contribution in [0.2, 0.25) is 0 Å². The lowest BCUT2D eigenvalue weighted by Crippen LogP contribution is -2.62. The molecule has 0 N–H and O–H groups in total. The molecule has 57 heavy (non-hydrogen) atoms. The minimum atomic E-state index is -4.05. The Labute approximate surface area is 331 Å². The number of nitrogens with zero attached hydrogens (tertiary/aromatic N) is 1. The molecule has 290 valence electrons. The van der Waals surface area contributed by atoms with E-state index in [1.165, 1.54) is 36.4 Å². The first-order chi connectivity index (χ1) is 27.7. The number of rotatable bonds is 13. The Morgan fingerprint density at radius 3 is 1.46 bits per heavy atom. The van der Waals surface area contributed by atoms with Gasteiger partial charge >= 0.3 is 23.9 Å². The molecule has 0 radical (unpaired) electrons. The van der Waals surface area contributed by atoms with Crippen LogP contribution in [-0.2, 0) is 33.5 Å². The first-order valence-corrected chi connectivity index (χ1v) is 20.4. The molecule has 7 rings (SSSR count). The van der Waals surface area contributed by atoms with Crippen molar-refractivity contribution in [2.24, 2.45) is 0 Å². The Morgan fingerprint density at radius 1 is 0.544 bits per heavy atom. The molecule has 5 atom stereocenters. The number of carbonyl (C=O) groups excluding carboxylic acids is 4. The summed E-state index contributed by atoms with van der Waals surface area (Å²) >= 11 is 1.01. The van der Waals surface area contributed by atoms with E-state index in [4.69, 9.17) is 23.7 Å². The van der Waals surface area contributed by atoms with E-state index >= 15 is 0 Å². The Bertz CT molecular complexity index is 2410. The number of hydrogen-bond acceptors (Lipinski definition) is 13. The Balaban J connectivity index is 1.28. The van der Waals surface area contributed by atoms with Crippen LogP contribution in [0.4, 0.5) is 0 Å². The summed E-state index contributed by atoms with van der Waals surface area (Å²) in [4.78, 5) is 58.8. The van der Waals surface area contributed by atoms with E-state index in [2.05, 4.69) is 4.98 Å². The Morgan fingerprint density at radius 2 is 0.965 bits per heavy atom. The van der Waals surface area contributed by atoms with Crippen molar-refractivity contribution in [3.05, 3.63) is 168 Å². The zero-order valence-corrected chi connectivity index (χ0v) is 31.8. The van der Waals surface area contributed by atoms with Gasteiger partial charge in [0.1, 0.15) is 18.8 Å². The lowest BCUT2D eigenvalue weighted by Gasteiger charge is -2.44. The number of esters is 4. The van der Waals surface area contributed by atoms with Gasteiger partial charge < -0.3 is 23.7 Å². The molecule has 12 nitrogen and oxygen atoms in total. The third kappa shape index (κ3) is 9.43. The number of para-hydroxylation sites is 1. The normalized spacial score (nSPS) is 19.3. The van der Waals surface area contributed by atoms with Gasteiger partial charge in [0.05, 0.1) is 38.2 Å². The van der Waals surface area contributed by atoms with Gasteiger partial charge in [-0.1, -0.05) is 84.9 Å². The van der Waals surface area contributed by atoms with Crippen LogP contribution in [0.15, 0.2) is 150 Å². The average Bonchev–Trinajstić information content (AvgIpc) is 3.71. The maximum Gasteiger partial charge on any atom is 0.338 e. The highest BCUT2D eigenvalue weighted by Gasteiger charge is 2.53. The largest absolute Gasteiger partial charge is 0.459 e. The van der Waals surface area contributed by atoms with Crippen LogP contribution in [0.1, 0.15) is 47.9 Å². The van der Waals surface area contributed by atoms with Gasteiger partial charge in [-0.15, -0.1) is 11.3 Å². The second-order valence-corrected chi connectivity index (χ2v) is 16.3. The first kappa shape index (κ1) is 39.0. The van der Waals surface area contributed by atoms with Crippen molar-refractivity contribution in [2.45, 2.75) is 41.3 Å². The van der Waals surface area contributed by atoms with Gasteiger partial charge in [-0.25, -0.2) is 32.6 Å². The summed E-state index contributed by atoms with van der Waals surface area (Å²) in [5, 5.41) is 0. The van der Waals surface area contributed by atoms with Crippen molar-refractivity contribution < 1.29 is 51.3 Å². The maximum atomic E-state index is 13.8. The molecule has 0 aliphatic carbocycles. The number of fused-ring (bicyclic) bond motifs is 1. The number of carbonyl (C=O) groups is 4. The van der Waals surface area contributed by atoms with Crippen LogP contribution in [-0.4, -0.2) is 80.2 Å². The van der Waals surface area contributed by atoms with Gasteiger partial charge in [0.2, 0.25) is 14.2 Å². The summed E-state index contributed by atoms with van der Waals surface area (Å²) in [7, 11) is -4.05. The van der Waals surface area contributed by atoms with Crippen LogP contribution in [0, 0.1) is 0 Å². The summed E-state index contributed by atoms with van der Waals surface area (Å²) in [6.07, 6.45) is -7.62. The zero-order valence-electron chi connectivity index (χ0n) is 30.1. The molecule has 0 amide bonds. The Hall–Kier alpha value is -6.22. The van der Waals surface area contributed by atoms with Crippen LogP contribution < -0.4 is 0 Å². The molecule has 1 aliphatic rings. The van der Waals surface area contributed by atoms with Gasteiger partial charge in [-0.2, -0.15) is 0 Å². The van der Waals surface area contributed by atoms with Gasteiger partial charge in [0, 0.05) is 0 Å². The van der Waals surface area contributed by atoms with Gasteiger partial charge in [-0.3, -0.25) is 0 Å². The molecule has 14 heteroatoms. The summed E-state index contributed by atoms with van der Waals surface area (Å²) in [6, 6.07) is 39.1. The monoisotopic (exact) mass is 805 g/mol.